The first-order chi connectivity index (χ1) is 11.0. The summed E-state index contributed by atoms with van der Waals surface area (Å²) in [5.41, 5.74) is 5.71. The number of primary amides is 1. The van der Waals surface area contributed by atoms with Crippen molar-refractivity contribution < 1.29 is 19.1 Å². The number of rotatable bonds is 7. The molecule has 6 nitrogen and oxygen atoms in total. The van der Waals surface area contributed by atoms with Crippen molar-refractivity contribution in [2.45, 2.75) is 38.8 Å². The van der Waals surface area contributed by atoms with E-state index in [1.807, 2.05) is 13.8 Å². The highest BCUT2D eigenvalue weighted by Gasteiger charge is 2.21. The average Bonchev–Trinajstić information content (AvgIpc) is 3.03. The highest BCUT2D eigenvalue weighted by atomic mass is 16.5. The van der Waals surface area contributed by atoms with Gasteiger partial charge in [-0.05, 0) is 51.0 Å². The molecule has 0 aliphatic carbocycles. The zero-order chi connectivity index (χ0) is 16.8. The van der Waals surface area contributed by atoms with Crippen LogP contribution in [0, 0.1) is 0 Å². The van der Waals surface area contributed by atoms with E-state index < -0.39 is 5.91 Å². The molecule has 1 saturated heterocycles. The first kappa shape index (κ1) is 17.3. The van der Waals surface area contributed by atoms with E-state index in [1.54, 1.807) is 24.3 Å². The van der Waals surface area contributed by atoms with E-state index in [4.69, 9.17) is 15.2 Å². The van der Waals surface area contributed by atoms with Gasteiger partial charge in [-0.25, -0.2) is 0 Å². The van der Waals surface area contributed by atoms with Gasteiger partial charge >= 0.3 is 0 Å². The minimum atomic E-state index is -0.524. The molecule has 6 heteroatoms. The topological polar surface area (TPSA) is 81.9 Å². The van der Waals surface area contributed by atoms with Crippen molar-refractivity contribution in [3.63, 3.8) is 0 Å². The third-order valence-electron chi connectivity index (χ3n) is 3.77. The molecule has 23 heavy (non-hydrogen) atoms. The number of nitrogens with zero attached hydrogens (tertiary/aromatic N) is 1. The Morgan fingerprint density at radius 2 is 2.04 bits per heavy atom. The van der Waals surface area contributed by atoms with Crippen LogP contribution in [-0.2, 0) is 9.53 Å². The Balaban J connectivity index is 1.96. The van der Waals surface area contributed by atoms with Gasteiger partial charge in [0.2, 0.25) is 5.91 Å². The molecular formula is C17H24N2O4. The van der Waals surface area contributed by atoms with Gasteiger partial charge in [-0.3, -0.25) is 9.59 Å². The summed E-state index contributed by atoms with van der Waals surface area (Å²) in [6.45, 7) is 4.92. The molecule has 0 saturated carbocycles. The fourth-order valence-corrected chi connectivity index (χ4v) is 2.48. The Morgan fingerprint density at radius 3 is 2.57 bits per heavy atom. The maximum Gasteiger partial charge on any atom is 0.254 e. The Hall–Kier alpha value is -2.08. The fraction of sp³-hybridized carbons (Fsp3) is 0.529. The molecule has 2 N–H and O–H groups in total. The van der Waals surface area contributed by atoms with E-state index in [1.165, 1.54) is 4.90 Å². The van der Waals surface area contributed by atoms with Crippen LogP contribution < -0.4 is 10.5 Å². The molecule has 2 amide bonds. The molecule has 0 bridgehead atoms. The summed E-state index contributed by atoms with van der Waals surface area (Å²) >= 11 is 0. The van der Waals surface area contributed by atoms with Gasteiger partial charge in [0.15, 0.2) is 0 Å². The fourth-order valence-electron chi connectivity index (χ4n) is 2.48. The third kappa shape index (κ3) is 4.96. The lowest BCUT2D eigenvalue weighted by atomic mass is 10.1. The molecule has 1 unspecified atom stereocenters. The largest absolute Gasteiger partial charge is 0.491 e. The van der Waals surface area contributed by atoms with Crippen LogP contribution >= 0.6 is 0 Å². The van der Waals surface area contributed by atoms with Gasteiger partial charge in [-0.1, -0.05) is 0 Å². The molecule has 1 fully saturated rings. The molecule has 126 valence electrons. The third-order valence-corrected chi connectivity index (χ3v) is 3.77. The Bertz CT molecular complexity index is 536. The van der Waals surface area contributed by atoms with E-state index in [9.17, 15) is 9.59 Å². The summed E-state index contributed by atoms with van der Waals surface area (Å²) in [5, 5.41) is 0. The van der Waals surface area contributed by atoms with Gasteiger partial charge < -0.3 is 20.1 Å². The van der Waals surface area contributed by atoms with Crippen LogP contribution in [-0.4, -0.2) is 48.6 Å². The molecule has 1 aromatic rings. The number of carbonyl (C=O) groups is 2. The second-order valence-electron chi connectivity index (χ2n) is 5.96. The van der Waals surface area contributed by atoms with Crippen molar-refractivity contribution in [1.29, 1.82) is 0 Å². The van der Waals surface area contributed by atoms with E-state index in [0.29, 0.717) is 17.9 Å². The summed E-state index contributed by atoms with van der Waals surface area (Å²) in [6, 6.07) is 6.80. The minimum absolute atomic E-state index is 0.0895. The van der Waals surface area contributed by atoms with Crippen LogP contribution in [0.25, 0.3) is 0 Å². The summed E-state index contributed by atoms with van der Waals surface area (Å²) in [6.07, 6.45) is 2.25. The standard InChI is InChI=1S/C17H24N2O4/c1-12(2)19(10-16(18)20)17(21)13-5-7-14(8-6-13)23-11-15-4-3-9-22-15/h5-8,12,15H,3-4,9-11H2,1-2H3,(H2,18,20). The van der Waals surface area contributed by atoms with Gasteiger partial charge in [0.1, 0.15) is 12.4 Å². The number of hydrogen-bond acceptors (Lipinski definition) is 4. The second-order valence-corrected chi connectivity index (χ2v) is 5.96. The van der Waals surface area contributed by atoms with Crippen molar-refractivity contribution in [2.75, 3.05) is 19.8 Å². The molecule has 2 rings (SSSR count). The predicted molar refractivity (Wildman–Crippen MR) is 86.3 cm³/mol. The lowest BCUT2D eigenvalue weighted by Gasteiger charge is -2.25. The summed E-state index contributed by atoms with van der Waals surface area (Å²) in [7, 11) is 0. The lowest BCUT2D eigenvalue weighted by Crippen LogP contribution is -2.42. The van der Waals surface area contributed by atoms with E-state index in [0.717, 1.165) is 19.4 Å². The molecule has 1 aliphatic heterocycles. The highest BCUT2D eigenvalue weighted by Crippen LogP contribution is 2.17. The van der Waals surface area contributed by atoms with Gasteiger partial charge in [-0.2, -0.15) is 0 Å². The van der Waals surface area contributed by atoms with Crippen LogP contribution in [0.1, 0.15) is 37.0 Å². The first-order valence-electron chi connectivity index (χ1n) is 7.91. The van der Waals surface area contributed by atoms with E-state index in [-0.39, 0.29) is 24.6 Å². The number of ether oxygens (including phenoxy) is 2. The number of hydrogen-bond donors (Lipinski definition) is 1. The number of nitrogens with two attached hydrogens (primary N) is 1. The van der Waals surface area contributed by atoms with Crippen molar-refractivity contribution in [2.24, 2.45) is 5.73 Å². The van der Waals surface area contributed by atoms with Crippen molar-refractivity contribution in [3.05, 3.63) is 29.8 Å². The van der Waals surface area contributed by atoms with E-state index >= 15 is 0 Å². The van der Waals surface area contributed by atoms with E-state index in [2.05, 4.69) is 0 Å². The zero-order valence-electron chi connectivity index (χ0n) is 13.7. The smallest absolute Gasteiger partial charge is 0.254 e. The summed E-state index contributed by atoms with van der Waals surface area (Å²) in [4.78, 5) is 25.0. The van der Waals surface area contributed by atoms with Crippen molar-refractivity contribution in [1.82, 2.24) is 4.90 Å². The molecule has 1 atom stereocenters. The summed E-state index contributed by atoms with van der Waals surface area (Å²) < 4.78 is 11.2. The van der Waals surface area contributed by atoms with Crippen LogP contribution in [0.3, 0.4) is 0 Å². The van der Waals surface area contributed by atoms with Gasteiger partial charge in [0, 0.05) is 18.2 Å². The molecule has 0 spiro atoms. The quantitative estimate of drug-likeness (QED) is 0.827. The highest BCUT2D eigenvalue weighted by molar-refractivity contribution is 5.96. The minimum Gasteiger partial charge on any atom is -0.491 e. The second kappa shape index (κ2) is 7.97. The number of carbonyl (C=O) groups excluding carboxylic acids is 2. The van der Waals surface area contributed by atoms with Crippen molar-refractivity contribution >= 4 is 11.8 Å². The molecule has 0 aromatic heterocycles. The SMILES string of the molecule is CC(C)N(CC(N)=O)C(=O)c1ccc(OCC2CCCO2)cc1. The average molecular weight is 320 g/mol. The Labute approximate surface area is 136 Å². The molecular weight excluding hydrogens is 296 g/mol. The number of benzene rings is 1. The lowest BCUT2D eigenvalue weighted by molar-refractivity contribution is -0.119. The maximum atomic E-state index is 12.5. The normalized spacial score (nSPS) is 17.3. The molecule has 1 heterocycles. The zero-order valence-corrected chi connectivity index (χ0v) is 13.7. The Kier molecular flexibility index (Phi) is 5.98. The van der Waals surface area contributed by atoms with Crippen molar-refractivity contribution in [3.8, 4) is 5.75 Å². The van der Waals surface area contributed by atoms with Crippen LogP contribution in [0.4, 0.5) is 0 Å². The Morgan fingerprint density at radius 1 is 1.35 bits per heavy atom. The monoisotopic (exact) mass is 320 g/mol. The first-order valence-corrected chi connectivity index (χ1v) is 7.91. The number of amides is 2. The maximum absolute atomic E-state index is 12.5. The van der Waals surface area contributed by atoms with Gasteiger partial charge in [0.25, 0.3) is 5.91 Å². The van der Waals surface area contributed by atoms with Crippen LogP contribution in [0.15, 0.2) is 24.3 Å². The van der Waals surface area contributed by atoms with Gasteiger partial charge in [0.05, 0.1) is 12.6 Å². The van der Waals surface area contributed by atoms with Gasteiger partial charge in [-0.15, -0.1) is 0 Å². The van der Waals surface area contributed by atoms with Crippen LogP contribution in [0.5, 0.6) is 5.75 Å². The predicted octanol–water partition coefficient (Wildman–Crippen LogP) is 1.58. The van der Waals surface area contributed by atoms with Crippen LogP contribution in [0.2, 0.25) is 0 Å². The molecule has 1 aromatic carbocycles. The molecule has 1 aliphatic rings. The summed E-state index contributed by atoms with van der Waals surface area (Å²) in [5.74, 6) is -0.0453. The molecule has 0 radical (unpaired) electrons.